The van der Waals surface area contributed by atoms with Gasteiger partial charge < -0.3 is 15.2 Å². The average Bonchev–Trinajstić information content (AvgIpc) is 2.35. The Morgan fingerprint density at radius 3 is 2.60 bits per heavy atom. The molecule has 0 aromatic heterocycles. The monoisotopic (exact) mass is 291 g/mol. The van der Waals surface area contributed by atoms with E-state index in [2.05, 4.69) is 0 Å². The van der Waals surface area contributed by atoms with Gasteiger partial charge >= 0.3 is 18.1 Å². The number of carboxylic acids is 1. The second-order valence-corrected chi connectivity index (χ2v) is 4.02. The lowest BCUT2D eigenvalue weighted by Gasteiger charge is -2.16. The van der Waals surface area contributed by atoms with Crippen molar-refractivity contribution in [2.75, 3.05) is 6.61 Å². The van der Waals surface area contributed by atoms with E-state index in [9.17, 15) is 22.8 Å². The van der Waals surface area contributed by atoms with Crippen molar-refractivity contribution in [1.29, 1.82) is 0 Å². The first-order chi connectivity index (χ1) is 9.20. The number of carboxylic acid groups (broad SMARTS) is 1. The summed E-state index contributed by atoms with van der Waals surface area (Å²) in [4.78, 5) is 21.4. The molecule has 0 aliphatic heterocycles. The molecule has 1 aromatic rings. The fraction of sp³-hybridized carbons (Fsp3) is 0.333. The third-order valence-corrected chi connectivity index (χ3v) is 2.22. The minimum Gasteiger partial charge on any atom is -0.491 e. The molecule has 20 heavy (non-hydrogen) atoms. The molecule has 0 radical (unpaired) electrons. The van der Waals surface area contributed by atoms with Crippen molar-refractivity contribution >= 4 is 11.9 Å². The summed E-state index contributed by atoms with van der Waals surface area (Å²) < 4.78 is 41.1. The second kappa shape index (κ2) is 6.27. The number of halogens is 3. The molecule has 1 aromatic carbocycles. The van der Waals surface area contributed by atoms with E-state index in [1.54, 1.807) is 5.32 Å². The van der Waals surface area contributed by atoms with E-state index in [0.717, 1.165) is 0 Å². The Bertz CT molecular complexity index is 502. The molecular formula is C12H12F3NO4. The second-order valence-electron chi connectivity index (χ2n) is 4.02. The lowest BCUT2D eigenvalue weighted by molar-refractivity contribution is -0.174. The molecule has 0 aliphatic carbocycles. The third-order valence-electron chi connectivity index (χ3n) is 2.22. The Labute approximate surface area is 112 Å². The van der Waals surface area contributed by atoms with Crippen LogP contribution in [-0.4, -0.2) is 35.8 Å². The summed E-state index contributed by atoms with van der Waals surface area (Å²) in [6, 6.07) is 4.62. The van der Waals surface area contributed by atoms with Crippen molar-refractivity contribution in [3.05, 3.63) is 29.8 Å². The minimum absolute atomic E-state index is 0.00511. The molecule has 1 unspecified atom stereocenters. The fourth-order valence-corrected chi connectivity index (χ4v) is 1.29. The highest BCUT2D eigenvalue weighted by atomic mass is 19.4. The van der Waals surface area contributed by atoms with E-state index in [1.807, 2.05) is 0 Å². The maximum absolute atomic E-state index is 12.0. The van der Waals surface area contributed by atoms with Gasteiger partial charge in [-0.05, 0) is 25.1 Å². The predicted molar refractivity (Wildman–Crippen MR) is 62.6 cm³/mol. The predicted octanol–water partition coefficient (Wildman–Crippen LogP) is 1.83. The Balaban J connectivity index is 2.53. The number of amides is 1. The van der Waals surface area contributed by atoms with Crippen LogP contribution in [0.25, 0.3) is 0 Å². The SMILES string of the molecule is CC(COc1cccc(C(=O)O)c1)NC(=O)C(F)(F)F. The number of hydrogen-bond acceptors (Lipinski definition) is 3. The molecule has 0 saturated heterocycles. The van der Waals surface area contributed by atoms with Gasteiger partial charge in [0.15, 0.2) is 0 Å². The molecule has 0 bridgehead atoms. The van der Waals surface area contributed by atoms with E-state index in [1.165, 1.54) is 31.2 Å². The van der Waals surface area contributed by atoms with Crippen molar-refractivity contribution in [1.82, 2.24) is 5.32 Å². The van der Waals surface area contributed by atoms with Crippen molar-refractivity contribution in [3.63, 3.8) is 0 Å². The van der Waals surface area contributed by atoms with Gasteiger partial charge in [-0.1, -0.05) is 6.07 Å². The summed E-state index contributed by atoms with van der Waals surface area (Å²) in [6.45, 7) is 1.12. The molecular weight excluding hydrogens is 279 g/mol. The molecule has 0 saturated carbocycles. The van der Waals surface area contributed by atoms with Gasteiger partial charge in [0, 0.05) is 0 Å². The van der Waals surface area contributed by atoms with Gasteiger partial charge in [0.25, 0.3) is 0 Å². The van der Waals surface area contributed by atoms with E-state index in [-0.39, 0.29) is 17.9 Å². The number of benzene rings is 1. The average molecular weight is 291 g/mol. The standard InChI is InChI=1S/C12H12F3NO4/c1-7(16-11(19)12(13,14)15)6-20-9-4-2-3-8(5-9)10(17)18/h2-5,7H,6H2,1H3,(H,16,19)(H,17,18). The number of nitrogens with one attached hydrogen (secondary N) is 1. The maximum Gasteiger partial charge on any atom is 0.471 e. The van der Waals surface area contributed by atoms with Crippen molar-refractivity contribution < 1.29 is 32.6 Å². The van der Waals surface area contributed by atoms with E-state index >= 15 is 0 Å². The Kier molecular flexibility index (Phi) is 4.95. The number of carbonyl (C=O) groups excluding carboxylic acids is 1. The summed E-state index contributed by atoms with van der Waals surface area (Å²) in [7, 11) is 0. The molecule has 8 heteroatoms. The highest BCUT2D eigenvalue weighted by Gasteiger charge is 2.39. The highest BCUT2D eigenvalue weighted by Crippen LogP contribution is 2.15. The largest absolute Gasteiger partial charge is 0.491 e. The molecule has 2 N–H and O–H groups in total. The summed E-state index contributed by atoms with van der Waals surface area (Å²) in [5.74, 6) is -3.00. The molecule has 0 aliphatic rings. The normalized spacial score (nSPS) is 12.6. The van der Waals surface area contributed by atoms with Crippen LogP contribution in [0.3, 0.4) is 0 Å². The van der Waals surface area contributed by atoms with Crippen molar-refractivity contribution in [2.24, 2.45) is 0 Å². The molecule has 5 nitrogen and oxygen atoms in total. The first-order valence-corrected chi connectivity index (χ1v) is 5.54. The smallest absolute Gasteiger partial charge is 0.471 e. The van der Waals surface area contributed by atoms with Crippen molar-refractivity contribution in [2.45, 2.75) is 19.1 Å². The third kappa shape index (κ3) is 4.79. The van der Waals surface area contributed by atoms with E-state index in [4.69, 9.17) is 9.84 Å². The van der Waals surface area contributed by atoms with Crippen LogP contribution in [0.1, 0.15) is 17.3 Å². The maximum atomic E-state index is 12.0. The van der Waals surface area contributed by atoms with Crippen LogP contribution in [0, 0.1) is 0 Å². The Morgan fingerprint density at radius 1 is 1.40 bits per heavy atom. The molecule has 0 spiro atoms. The lowest BCUT2D eigenvalue weighted by Crippen LogP contribution is -2.44. The first kappa shape index (κ1) is 15.8. The zero-order valence-corrected chi connectivity index (χ0v) is 10.4. The Hall–Kier alpha value is -2.25. The number of carbonyl (C=O) groups is 2. The molecule has 0 heterocycles. The van der Waals surface area contributed by atoms with Gasteiger partial charge in [0.05, 0.1) is 11.6 Å². The van der Waals surface area contributed by atoms with Gasteiger partial charge in [-0.15, -0.1) is 0 Å². The number of aromatic carboxylic acids is 1. The Morgan fingerprint density at radius 2 is 2.05 bits per heavy atom. The van der Waals surface area contributed by atoms with E-state index in [0.29, 0.717) is 0 Å². The summed E-state index contributed by atoms with van der Waals surface area (Å²) >= 11 is 0. The fourth-order valence-electron chi connectivity index (χ4n) is 1.29. The molecule has 1 rings (SSSR count). The topological polar surface area (TPSA) is 75.6 Å². The zero-order chi connectivity index (χ0) is 15.3. The van der Waals surface area contributed by atoms with Crippen LogP contribution in [-0.2, 0) is 4.79 Å². The quantitative estimate of drug-likeness (QED) is 0.868. The number of rotatable bonds is 5. The summed E-state index contributed by atoms with van der Waals surface area (Å²) in [6.07, 6.45) is -4.95. The van der Waals surface area contributed by atoms with Crippen LogP contribution in [0.15, 0.2) is 24.3 Å². The van der Waals surface area contributed by atoms with Gasteiger partial charge in [-0.25, -0.2) is 4.79 Å². The van der Waals surface area contributed by atoms with Crippen LogP contribution in [0.2, 0.25) is 0 Å². The van der Waals surface area contributed by atoms with E-state index < -0.39 is 24.1 Å². The highest BCUT2D eigenvalue weighted by molar-refractivity contribution is 5.88. The molecule has 110 valence electrons. The minimum atomic E-state index is -4.95. The molecule has 0 fully saturated rings. The van der Waals surface area contributed by atoms with Gasteiger partial charge in [-0.2, -0.15) is 13.2 Å². The molecule has 1 atom stereocenters. The summed E-state index contributed by atoms with van der Waals surface area (Å²) in [5, 5.41) is 10.5. The van der Waals surface area contributed by atoms with Crippen LogP contribution in [0.4, 0.5) is 13.2 Å². The lowest BCUT2D eigenvalue weighted by atomic mass is 10.2. The van der Waals surface area contributed by atoms with Crippen LogP contribution < -0.4 is 10.1 Å². The van der Waals surface area contributed by atoms with Gasteiger partial charge in [0.2, 0.25) is 0 Å². The number of ether oxygens (including phenoxy) is 1. The van der Waals surface area contributed by atoms with Crippen LogP contribution >= 0.6 is 0 Å². The number of alkyl halides is 3. The molecule has 1 amide bonds. The van der Waals surface area contributed by atoms with Gasteiger partial charge in [-0.3, -0.25) is 4.79 Å². The number of hydrogen-bond donors (Lipinski definition) is 2. The first-order valence-electron chi connectivity index (χ1n) is 5.54. The van der Waals surface area contributed by atoms with Crippen LogP contribution in [0.5, 0.6) is 5.75 Å². The summed E-state index contributed by atoms with van der Waals surface area (Å²) in [5.41, 5.74) is -0.00511. The van der Waals surface area contributed by atoms with Gasteiger partial charge in [0.1, 0.15) is 12.4 Å². The van der Waals surface area contributed by atoms with Crippen molar-refractivity contribution in [3.8, 4) is 5.75 Å². The zero-order valence-electron chi connectivity index (χ0n) is 10.4.